The van der Waals surface area contributed by atoms with Gasteiger partial charge >= 0.3 is 5.97 Å². The van der Waals surface area contributed by atoms with Gasteiger partial charge in [0.2, 0.25) is 0 Å². The van der Waals surface area contributed by atoms with Gasteiger partial charge in [-0.1, -0.05) is 15.9 Å². The summed E-state index contributed by atoms with van der Waals surface area (Å²) >= 11 is 3.13. The fourth-order valence-corrected chi connectivity index (χ4v) is 2.67. The minimum absolute atomic E-state index is 0.0793. The van der Waals surface area contributed by atoms with Gasteiger partial charge in [0.05, 0.1) is 13.2 Å². The first-order valence-corrected chi connectivity index (χ1v) is 8.98. The Morgan fingerprint density at radius 3 is 2.59 bits per heavy atom. The second kappa shape index (κ2) is 8.85. The Labute approximate surface area is 163 Å². The number of esters is 1. The van der Waals surface area contributed by atoms with E-state index in [1.807, 2.05) is 0 Å². The highest BCUT2D eigenvalue weighted by Crippen LogP contribution is 2.30. The summed E-state index contributed by atoms with van der Waals surface area (Å²) in [6.45, 7) is 0.0953. The zero-order valence-electron chi connectivity index (χ0n) is 14.2. The first kappa shape index (κ1) is 19.2. The molecule has 0 saturated heterocycles. The third-order valence-electron chi connectivity index (χ3n) is 3.67. The SMILES string of the molecule is O=C(COc1ccc(Br)cc1F)OCC(=O)c1ccc2c(c1)OCCCO2. The monoisotopic (exact) mass is 438 g/mol. The van der Waals surface area contributed by atoms with E-state index in [9.17, 15) is 14.0 Å². The van der Waals surface area contributed by atoms with Crippen LogP contribution in [0.5, 0.6) is 17.2 Å². The third-order valence-corrected chi connectivity index (χ3v) is 4.17. The summed E-state index contributed by atoms with van der Waals surface area (Å²) in [5.41, 5.74) is 0.340. The highest BCUT2D eigenvalue weighted by atomic mass is 79.9. The number of carbonyl (C=O) groups is 2. The van der Waals surface area contributed by atoms with Gasteiger partial charge in [-0.05, 0) is 36.4 Å². The quantitative estimate of drug-likeness (QED) is 0.507. The number of fused-ring (bicyclic) bond motifs is 1. The molecule has 0 unspecified atom stereocenters. The van der Waals surface area contributed by atoms with E-state index in [0.29, 0.717) is 34.7 Å². The maximum absolute atomic E-state index is 13.6. The van der Waals surface area contributed by atoms with Crippen molar-refractivity contribution in [1.82, 2.24) is 0 Å². The van der Waals surface area contributed by atoms with Crippen molar-refractivity contribution < 1.29 is 32.9 Å². The normalized spacial score (nSPS) is 12.8. The summed E-state index contributed by atoms with van der Waals surface area (Å²) in [5, 5.41) is 0. The zero-order chi connectivity index (χ0) is 19.2. The first-order chi connectivity index (χ1) is 13.0. The predicted molar refractivity (Wildman–Crippen MR) is 96.9 cm³/mol. The maximum Gasteiger partial charge on any atom is 0.344 e. The largest absolute Gasteiger partial charge is 0.490 e. The molecule has 0 aliphatic carbocycles. The Hall–Kier alpha value is -2.61. The molecular weight excluding hydrogens is 423 g/mol. The lowest BCUT2D eigenvalue weighted by molar-refractivity contribution is -0.144. The number of Topliss-reactive ketones (excluding diaryl/α,β-unsaturated/α-hetero) is 1. The highest BCUT2D eigenvalue weighted by molar-refractivity contribution is 9.10. The molecule has 1 heterocycles. The fourth-order valence-electron chi connectivity index (χ4n) is 2.34. The van der Waals surface area contributed by atoms with Gasteiger partial charge in [0, 0.05) is 16.5 Å². The van der Waals surface area contributed by atoms with Gasteiger partial charge in [0.1, 0.15) is 0 Å². The van der Waals surface area contributed by atoms with Gasteiger partial charge in [-0.3, -0.25) is 4.79 Å². The molecule has 0 aromatic heterocycles. The van der Waals surface area contributed by atoms with Crippen molar-refractivity contribution in [3.8, 4) is 17.2 Å². The average molecular weight is 439 g/mol. The van der Waals surface area contributed by atoms with Crippen LogP contribution in [0.3, 0.4) is 0 Å². The van der Waals surface area contributed by atoms with E-state index < -0.39 is 30.8 Å². The van der Waals surface area contributed by atoms with E-state index in [4.69, 9.17) is 18.9 Å². The van der Waals surface area contributed by atoms with Crippen molar-refractivity contribution in [1.29, 1.82) is 0 Å². The number of rotatable bonds is 6. The van der Waals surface area contributed by atoms with Crippen molar-refractivity contribution in [3.63, 3.8) is 0 Å². The van der Waals surface area contributed by atoms with E-state index in [-0.39, 0.29) is 5.75 Å². The first-order valence-electron chi connectivity index (χ1n) is 8.19. The van der Waals surface area contributed by atoms with Crippen molar-refractivity contribution in [2.45, 2.75) is 6.42 Å². The second-order valence-corrected chi connectivity index (χ2v) is 6.57. The molecule has 0 atom stereocenters. The van der Waals surface area contributed by atoms with Crippen LogP contribution in [-0.2, 0) is 9.53 Å². The lowest BCUT2D eigenvalue weighted by Crippen LogP contribution is -2.19. The Morgan fingerprint density at radius 2 is 1.81 bits per heavy atom. The van der Waals surface area contributed by atoms with Gasteiger partial charge < -0.3 is 18.9 Å². The Kier molecular flexibility index (Phi) is 6.28. The standard InChI is InChI=1S/C19H16BrFO6/c20-13-3-5-16(14(21)9-13)26-11-19(23)27-10-15(22)12-2-4-17-18(8-12)25-7-1-6-24-17/h2-5,8-9H,1,6-7,10-11H2. The fraction of sp³-hybridized carbons (Fsp3) is 0.263. The van der Waals surface area contributed by atoms with Crippen LogP contribution >= 0.6 is 15.9 Å². The number of halogens is 2. The number of hydrogen-bond acceptors (Lipinski definition) is 6. The van der Waals surface area contributed by atoms with Crippen LogP contribution in [-0.4, -0.2) is 38.2 Å². The summed E-state index contributed by atoms with van der Waals surface area (Å²) in [6.07, 6.45) is 0.758. The smallest absolute Gasteiger partial charge is 0.344 e. The predicted octanol–water partition coefficient (Wildman–Crippen LogP) is 3.55. The van der Waals surface area contributed by atoms with Gasteiger partial charge in [0.25, 0.3) is 0 Å². The summed E-state index contributed by atoms with van der Waals surface area (Å²) < 4.78 is 35.2. The van der Waals surface area contributed by atoms with Crippen LogP contribution in [0.15, 0.2) is 40.9 Å². The van der Waals surface area contributed by atoms with Crippen LogP contribution in [0.4, 0.5) is 4.39 Å². The topological polar surface area (TPSA) is 71.1 Å². The number of benzene rings is 2. The van der Waals surface area contributed by atoms with Gasteiger partial charge in [-0.2, -0.15) is 0 Å². The molecule has 1 aliphatic heterocycles. The van der Waals surface area contributed by atoms with Gasteiger partial charge in [-0.15, -0.1) is 0 Å². The molecule has 0 fully saturated rings. The lowest BCUT2D eigenvalue weighted by Gasteiger charge is -2.10. The molecule has 0 N–H and O–H groups in total. The summed E-state index contributed by atoms with van der Waals surface area (Å²) in [4.78, 5) is 23.9. The molecular formula is C19H16BrFO6. The lowest BCUT2D eigenvalue weighted by atomic mass is 10.1. The second-order valence-electron chi connectivity index (χ2n) is 5.66. The number of ether oxygens (including phenoxy) is 4. The zero-order valence-corrected chi connectivity index (χ0v) is 15.8. The van der Waals surface area contributed by atoms with E-state index in [0.717, 1.165) is 6.42 Å². The number of carbonyl (C=O) groups excluding carboxylic acids is 2. The molecule has 0 bridgehead atoms. The van der Waals surface area contributed by atoms with E-state index in [1.165, 1.54) is 12.1 Å². The van der Waals surface area contributed by atoms with Crippen LogP contribution < -0.4 is 14.2 Å². The van der Waals surface area contributed by atoms with E-state index in [1.54, 1.807) is 24.3 Å². The molecule has 142 valence electrons. The molecule has 2 aromatic rings. The average Bonchev–Trinajstić information content (AvgIpc) is 2.90. The molecule has 1 aliphatic rings. The molecule has 3 rings (SSSR count). The molecule has 8 heteroatoms. The highest BCUT2D eigenvalue weighted by Gasteiger charge is 2.16. The molecule has 27 heavy (non-hydrogen) atoms. The van der Waals surface area contributed by atoms with Gasteiger partial charge in [-0.25, -0.2) is 9.18 Å². The molecule has 0 amide bonds. The Bertz CT molecular complexity index is 854. The number of hydrogen-bond donors (Lipinski definition) is 0. The van der Waals surface area contributed by atoms with Crippen LogP contribution in [0.2, 0.25) is 0 Å². The molecule has 0 radical (unpaired) electrons. The minimum Gasteiger partial charge on any atom is -0.490 e. The van der Waals surface area contributed by atoms with Crippen LogP contribution in [0.1, 0.15) is 16.8 Å². The molecule has 2 aromatic carbocycles. The third kappa shape index (κ3) is 5.19. The summed E-state index contributed by atoms with van der Waals surface area (Å²) in [7, 11) is 0. The Balaban J connectivity index is 1.51. The summed E-state index contributed by atoms with van der Waals surface area (Å²) in [5.74, 6) is -0.802. The van der Waals surface area contributed by atoms with Gasteiger partial charge in [0.15, 0.2) is 42.1 Å². The van der Waals surface area contributed by atoms with Crippen LogP contribution in [0.25, 0.3) is 0 Å². The van der Waals surface area contributed by atoms with Crippen molar-refractivity contribution >= 4 is 27.7 Å². The molecule has 0 saturated carbocycles. The van der Waals surface area contributed by atoms with E-state index >= 15 is 0 Å². The maximum atomic E-state index is 13.6. The van der Waals surface area contributed by atoms with Crippen molar-refractivity contribution in [2.24, 2.45) is 0 Å². The van der Waals surface area contributed by atoms with Crippen molar-refractivity contribution in [3.05, 3.63) is 52.3 Å². The van der Waals surface area contributed by atoms with Crippen LogP contribution in [0, 0.1) is 5.82 Å². The minimum atomic E-state index is -0.778. The van der Waals surface area contributed by atoms with E-state index in [2.05, 4.69) is 15.9 Å². The Morgan fingerprint density at radius 1 is 1.04 bits per heavy atom. The number of ketones is 1. The molecule has 0 spiro atoms. The molecule has 6 nitrogen and oxygen atoms in total. The summed E-state index contributed by atoms with van der Waals surface area (Å²) in [6, 6.07) is 8.97. The van der Waals surface area contributed by atoms with Crippen molar-refractivity contribution in [2.75, 3.05) is 26.4 Å².